The highest BCUT2D eigenvalue weighted by molar-refractivity contribution is 5.94. The van der Waals surface area contributed by atoms with E-state index < -0.39 is 0 Å². The predicted molar refractivity (Wildman–Crippen MR) is 103 cm³/mol. The van der Waals surface area contributed by atoms with E-state index in [-0.39, 0.29) is 5.78 Å². The first kappa shape index (κ1) is 17.4. The highest BCUT2D eigenvalue weighted by atomic mass is 16.5. The molecule has 0 aliphatic carbocycles. The second-order valence-electron chi connectivity index (χ2n) is 5.83. The minimum Gasteiger partial charge on any atom is -0.497 e. The number of carbonyl (C=O) groups is 1. The predicted octanol–water partition coefficient (Wildman–Crippen LogP) is 4.48. The molecule has 0 radical (unpaired) electrons. The van der Waals surface area contributed by atoms with Crippen LogP contribution < -0.4 is 15.4 Å². The lowest BCUT2D eigenvalue weighted by atomic mass is 10.1. The normalized spacial score (nSPS) is 10.3. The number of hydrogen-bond donors (Lipinski definition) is 2. The third-order valence-corrected chi connectivity index (χ3v) is 3.74. The van der Waals surface area contributed by atoms with Crippen LogP contribution in [0.4, 0.5) is 23.1 Å². The van der Waals surface area contributed by atoms with E-state index >= 15 is 0 Å². The molecule has 0 aliphatic heterocycles. The summed E-state index contributed by atoms with van der Waals surface area (Å²) in [6, 6.07) is 16.7. The van der Waals surface area contributed by atoms with Crippen LogP contribution in [0.5, 0.6) is 5.75 Å². The third-order valence-electron chi connectivity index (χ3n) is 3.74. The first-order valence-corrected chi connectivity index (χ1v) is 8.18. The quantitative estimate of drug-likeness (QED) is 0.640. The van der Waals surface area contributed by atoms with Crippen LogP contribution in [0.2, 0.25) is 0 Å². The first-order chi connectivity index (χ1) is 12.5. The number of nitrogens with one attached hydrogen (secondary N) is 2. The number of rotatable bonds is 6. The average molecular weight is 348 g/mol. The average Bonchev–Trinajstić information content (AvgIpc) is 2.62. The fourth-order valence-corrected chi connectivity index (χ4v) is 2.45. The SMILES string of the molecule is COc1cccc(Nc2nc(C)cc(Nc3ccc(C(C)=O)cc3)n2)c1. The fraction of sp³-hybridized carbons (Fsp3) is 0.150. The highest BCUT2D eigenvalue weighted by Gasteiger charge is 2.05. The number of aryl methyl sites for hydroxylation is 1. The van der Waals surface area contributed by atoms with Crippen molar-refractivity contribution in [1.82, 2.24) is 9.97 Å². The minimum absolute atomic E-state index is 0.0409. The molecule has 26 heavy (non-hydrogen) atoms. The van der Waals surface area contributed by atoms with Crippen LogP contribution in [0.25, 0.3) is 0 Å². The van der Waals surface area contributed by atoms with Gasteiger partial charge in [0, 0.05) is 34.8 Å². The topological polar surface area (TPSA) is 76.1 Å². The standard InChI is InChI=1S/C20H20N4O2/c1-13-11-19(22-16-9-7-15(8-10-16)14(2)25)24-20(21-13)23-17-5-4-6-18(12-17)26-3/h4-12H,1-3H3,(H2,21,22,23,24). The van der Waals surface area contributed by atoms with Crippen LogP contribution in [0.3, 0.4) is 0 Å². The Morgan fingerprint density at radius 3 is 2.42 bits per heavy atom. The molecule has 6 heteroatoms. The maximum absolute atomic E-state index is 11.4. The van der Waals surface area contributed by atoms with Gasteiger partial charge in [-0.3, -0.25) is 4.79 Å². The van der Waals surface area contributed by atoms with Crippen molar-refractivity contribution in [2.75, 3.05) is 17.7 Å². The van der Waals surface area contributed by atoms with Crippen molar-refractivity contribution in [1.29, 1.82) is 0 Å². The zero-order valence-electron chi connectivity index (χ0n) is 14.9. The number of benzene rings is 2. The van der Waals surface area contributed by atoms with Crippen LogP contribution in [-0.2, 0) is 0 Å². The maximum Gasteiger partial charge on any atom is 0.229 e. The van der Waals surface area contributed by atoms with Crippen LogP contribution in [0.1, 0.15) is 23.0 Å². The van der Waals surface area contributed by atoms with E-state index in [1.54, 1.807) is 26.2 Å². The Morgan fingerprint density at radius 2 is 1.73 bits per heavy atom. The van der Waals surface area contributed by atoms with Gasteiger partial charge in [0.2, 0.25) is 5.95 Å². The lowest BCUT2D eigenvalue weighted by Gasteiger charge is -2.11. The molecule has 3 rings (SSSR count). The molecule has 1 aromatic heterocycles. The van der Waals surface area contributed by atoms with Crippen molar-refractivity contribution in [3.63, 3.8) is 0 Å². The molecule has 0 spiro atoms. The molecule has 0 saturated carbocycles. The Morgan fingerprint density at radius 1 is 0.962 bits per heavy atom. The van der Waals surface area contributed by atoms with Gasteiger partial charge in [-0.15, -0.1) is 0 Å². The molecule has 3 aromatic rings. The second kappa shape index (κ2) is 7.65. The van der Waals surface area contributed by atoms with Gasteiger partial charge in [-0.1, -0.05) is 6.07 Å². The van der Waals surface area contributed by atoms with Gasteiger partial charge in [0.25, 0.3) is 0 Å². The summed E-state index contributed by atoms with van der Waals surface area (Å²) in [7, 11) is 1.63. The largest absolute Gasteiger partial charge is 0.497 e. The summed E-state index contributed by atoms with van der Waals surface area (Å²) in [5.74, 6) is 1.95. The van der Waals surface area contributed by atoms with Gasteiger partial charge in [-0.2, -0.15) is 4.98 Å². The van der Waals surface area contributed by atoms with Gasteiger partial charge in [-0.25, -0.2) is 4.98 Å². The number of nitrogens with zero attached hydrogens (tertiary/aromatic N) is 2. The Balaban J connectivity index is 1.79. The Kier molecular flexibility index (Phi) is 5.12. The van der Waals surface area contributed by atoms with Gasteiger partial charge < -0.3 is 15.4 Å². The minimum atomic E-state index is 0.0409. The summed E-state index contributed by atoms with van der Waals surface area (Å²) in [6.45, 7) is 3.45. The zero-order valence-corrected chi connectivity index (χ0v) is 14.9. The molecule has 0 aliphatic rings. The van der Waals surface area contributed by atoms with Crippen molar-refractivity contribution in [3.05, 3.63) is 65.9 Å². The third kappa shape index (κ3) is 4.36. The first-order valence-electron chi connectivity index (χ1n) is 8.18. The molecule has 132 valence electrons. The van der Waals surface area contributed by atoms with Crippen molar-refractivity contribution in [3.8, 4) is 5.75 Å². The number of anilines is 4. The van der Waals surface area contributed by atoms with Crippen LogP contribution in [0, 0.1) is 6.92 Å². The molecule has 2 N–H and O–H groups in total. The van der Waals surface area contributed by atoms with E-state index in [2.05, 4.69) is 20.6 Å². The molecule has 0 amide bonds. The number of ketones is 1. The molecule has 0 atom stereocenters. The van der Waals surface area contributed by atoms with Gasteiger partial charge in [0.15, 0.2) is 5.78 Å². The summed E-state index contributed by atoms with van der Waals surface area (Å²) in [5.41, 5.74) is 3.19. The lowest BCUT2D eigenvalue weighted by Crippen LogP contribution is -2.02. The van der Waals surface area contributed by atoms with Crippen molar-refractivity contribution < 1.29 is 9.53 Å². The Hall–Kier alpha value is -3.41. The van der Waals surface area contributed by atoms with E-state index in [0.717, 1.165) is 22.8 Å². The molecular weight excluding hydrogens is 328 g/mol. The lowest BCUT2D eigenvalue weighted by molar-refractivity contribution is 0.101. The van der Waals surface area contributed by atoms with E-state index in [0.29, 0.717) is 17.3 Å². The molecule has 2 aromatic carbocycles. The summed E-state index contributed by atoms with van der Waals surface area (Å²) in [6.07, 6.45) is 0. The van der Waals surface area contributed by atoms with E-state index in [1.807, 2.05) is 49.4 Å². The Labute approximate surface area is 152 Å². The molecule has 0 bridgehead atoms. The molecule has 0 fully saturated rings. The number of methoxy groups -OCH3 is 1. The molecule has 0 unspecified atom stereocenters. The van der Waals surface area contributed by atoms with Crippen molar-refractivity contribution in [2.24, 2.45) is 0 Å². The smallest absolute Gasteiger partial charge is 0.229 e. The summed E-state index contributed by atoms with van der Waals surface area (Å²) in [4.78, 5) is 20.3. The van der Waals surface area contributed by atoms with Crippen LogP contribution in [-0.4, -0.2) is 22.9 Å². The fourth-order valence-electron chi connectivity index (χ4n) is 2.45. The number of ether oxygens (including phenoxy) is 1. The van der Waals surface area contributed by atoms with Gasteiger partial charge in [-0.05, 0) is 50.2 Å². The van der Waals surface area contributed by atoms with Gasteiger partial charge in [0.05, 0.1) is 7.11 Å². The molecule has 0 saturated heterocycles. The Bertz CT molecular complexity index is 923. The molecular formula is C20H20N4O2. The maximum atomic E-state index is 11.4. The van der Waals surface area contributed by atoms with Gasteiger partial charge in [0.1, 0.15) is 11.6 Å². The van der Waals surface area contributed by atoms with E-state index in [4.69, 9.17) is 4.74 Å². The number of aromatic nitrogens is 2. The van der Waals surface area contributed by atoms with E-state index in [9.17, 15) is 4.79 Å². The van der Waals surface area contributed by atoms with Crippen molar-refractivity contribution >= 4 is 28.9 Å². The van der Waals surface area contributed by atoms with Crippen molar-refractivity contribution in [2.45, 2.75) is 13.8 Å². The second-order valence-corrected chi connectivity index (χ2v) is 5.83. The summed E-state index contributed by atoms with van der Waals surface area (Å²) >= 11 is 0. The number of Topliss-reactive ketones (excluding diaryl/α,β-unsaturated/α-hetero) is 1. The van der Waals surface area contributed by atoms with Gasteiger partial charge >= 0.3 is 0 Å². The molecule has 6 nitrogen and oxygen atoms in total. The van der Waals surface area contributed by atoms with E-state index in [1.165, 1.54) is 0 Å². The zero-order chi connectivity index (χ0) is 18.5. The highest BCUT2D eigenvalue weighted by Crippen LogP contribution is 2.22. The number of carbonyl (C=O) groups excluding carboxylic acids is 1. The van der Waals surface area contributed by atoms with Crippen LogP contribution in [0.15, 0.2) is 54.6 Å². The number of hydrogen-bond acceptors (Lipinski definition) is 6. The summed E-state index contributed by atoms with van der Waals surface area (Å²) in [5, 5.41) is 6.42. The monoisotopic (exact) mass is 348 g/mol. The molecule has 1 heterocycles. The van der Waals surface area contributed by atoms with Crippen LogP contribution >= 0.6 is 0 Å². The summed E-state index contributed by atoms with van der Waals surface area (Å²) < 4.78 is 5.23.